The van der Waals surface area contributed by atoms with E-state index in [-0.39, 0.29) is 31.1 Å². The summed E-state index contributed by atoms with van der Waals surface area (Å²) < 4.78 is 16.8. The van der Waals surface area contributed by atoms with Gasteiger partial charge >= 0.3 is 17.9 Å². The number of hydrogen-bond donors (Lipinski definition) is 0. The van der Waals surface area contributed by atoms with Crippen LogP contribution in [-0.4, -0.2) is 37.2 Å². The van der Waals surface area contributed by atoms with Crippen LogP contribution in [0.4, 0.5) is 0 Å². The van der Waals surface area contributed by atoms with Crippen LogP contribution in [0.25, 0.3) is 0 Å². The number of hydrogen-bond acceptors (Lipinski definition) is 6. The lowest BCUT2D eigenvalue weighted by molar-refractivity contribution is -0.167. The second-order valence-corrected chi connectivity index (χ2v) is 19.2. The minimum Gasteiger partial charge on any atom is -0.462 e. The van der Waals surface area contributed by atoms with Crippen LogP contribution in [0.3, 0.4) is 0 Å². The van der Waals surface area contributed by atoms with Crippen LogP contribution >= 0.6 is 0 Å². The van der Waals surface area contributed by atoms with Crippen LogP contribution in [0, 0.1) is 0 Å². The maximum absolute atomic E-state index is 12.8. The molecule has 0 aliphatic heterocycles. The molecular formula is C67H108O6. The minimum absolute atomic E-state index is 0.0995. The van der Waals surface area contributed by atoms with Gasteiger partial charge in [-0.15, -0.1) is 0 Å². The monoisotopic (exact) mass is 1010 g/mol. The molecule has 0 heterocycles. The van der Waals surface area contributed by atoms with Crippen LogP contribution in [0.2, 0.25) is 0 Å². The molecule has 6 heteroatoms. The molecule has 412 valence electrons. The molecule has 0 bridgehead atoms. The van der Waals surface area contributed by atoms with Gasteiger partial charge in [0.2, 0.25) is 0 Å². The maximum Gasteiger partial charge on any atom is 0.306 e. The SMILES string of the molecule is CC/C=C\C/C=C\C/C=C\C/C=C\C/C=C\C/C=C\C/C=C\C/C=C\C/C=C\CCCCCC(=O)OCC(COC(=O)CCCCCCC/C=C\CCCCC)OC(=O)CCCCCCC/C=C\CCCCC. The maximum atomic E-state index is 12.8. The van der Waals surface area contributed by atoms with E-state index in [9.17, 15) is 14.4 Å². The van der Waals surface area contributed by atoms with E-state index in [2.05, 4.69) is 154 Å². The molecule has 0 fully saturated rings. The first-order valence-electron chi connectivity index (χ1n) is 29.7. The van der Waals surface area contributed by atoms with Gasteiger partial charge in [-0.1, -0.05) is 225 Å². The summed E-state index contributed by atoms with van der Waals surface area (Å²) in [6, 6.07) is 0. The Bertz CT molecular complexity index is 1580. The highest BCUT2D eigenvalue weighted by molar-refractivity contribution is 5.71. The van der Waals surface area contributed by atoms with Crippen LogP contribution < -0.4 is 0 Å². The first kappa shape index (κ1) is 68.6. The average Bonchev–Trinajstić information content (AvgIpc) is 3.39. The molecule has 1 atom stereocenters. The number of carbonyl (C=O) groups is 3. The summed E-state index contributed by atoms with van der Waals surface area (Å²) >= 11 is 0. The summed E-state index contributed by atoms with van der Waals surface area (Å²) in [5.74, 6) is -0.956. The summed E-state index contributed by atoms with van der Waals surface area (Å²) in [6.45, 7) is 6.42. The number of carbonyl (C=O) groups excluding carboxylic acids is 3. The first-order valence-corrected chi connectivity index (χ1v) is 29.7. The standard InChI is InChI=1S/C67H108O6/c1-4-7-10-13-16-19-22-25-26-27-28-29-30-31-32-33-34-35-36-37-38-39-40-41-42-43-46-48-51-54-57-60-66(69)72-63-64(73-67(70)61-58-55-52-49-45-24-21-18-15-12-9-6-3)62-71-65(68)59-56-53-50-47-44-23-20-17-14-11-8-5-2/h7,10,16-21,25-26,28-29,31-32,34-35,37-38,40-41,43,46,64H,4-6,8-9,11-15,22-24,27,30,33,36,39,42,44-45,47-63H2,1-3H3/b10-7-,19-16-,20-17-,21-18-,26-25-,29-28-,32-31-,35-34-,38-37-,41-40-,46-43-. The van der Waals surface area contributed by atoms with Crippen molar-refractivity contribution in [2.45, 2.75) is 258 Å². The van der Waals surface area contributed by atoms with Crippen molar-refractivity contribution in [2.24, 2.45) is 0 Å². The van der Waals surface area contributed by atoms with E-state index in [0.29, 0.717) is 19.3 Å². The highest BCUT2D eigenvalue weighted by Gasteiger charge is 2.19. The Kier molecular flexibility index (Phi) is 56.4. The molecule has 0 saturated heterocycles. The normalized spacial score (nSPS) is 13.1. The Balaban J connectivity index is 4.34. The summed E-state index contributed by atoms with van der Waals surface area (Å²) in [5, 5.41) is 0. The third kappa shape index (κ3) is 58.3. The molecule has 0 aliphatic rings. The van der Waals surface area contributed by atoms with Crippen molar-refractivity contribution in [3.05, 3.63) is 134 Å². The van der Waals surface area contributed by atoms with E-state index in [1.807, 2.05) is 0 Å². The van der Waals surface area contributed by atoms with Crippen LogP contribution in [0.5, 0.6) is 0 Å². The Morgan fingerprint density at radius 3 is 0.863 bits per heavy atom. The largest absolute Gasteiger partial charge is 0.462 e. The topological polar surface area (TPSA) is 78.9 Å². The van der Waals surface area contributed by atoms with Crippen molar-refractivity contribution in [3.63, 3.8) is 0 Å². The molecule has 0 rings (SSSR count). The van der Waals surface area contributed by atoms with Gasteiger partial charge in [-0.05, 0) is 141 Å². The van der Waals surface area contributed by atoms with E-state index in [1.165, 1.54) is 64.2 Å². The molecule has 0 saturated carbocycles. The highest BCUT2D eigenvalue weighted by atomic mass is 16.6. The molecule has 1 unspecified atom stereocenters. The molecule has 0 radical (unpaired) electrons. The summed E-state index contributed by atoms with van der Waals surface area (Å²) in [5.41, 5.74) is 0. The fourth-order valence-corrected chi connectivity index (χ4v) is 7.66. The molecule has 6 nitrogen and oxygen atoms in total. The van der Waals surface area contributed by atoms with Crippen LogP contribution in [0.1, 0.15) is 252 Å². The molecule has 73 heavy (non-hydrogen) atoms. The quantitative estimate of drug-likeness (QED) is 0.0261. The summed E-state index contributed by atoms with van der Waals surface area (Å²) in [4.78, 5) is 38.1. The van der Waals surface area contributed by atoms with Gasteiger partial charge < -0.3 is 14.2 Å². The van der Waals surface area contributed by atoms with Crippen molar-refractivity contribution in [1.29, 1.82) is 0 Å². The van der Waals surface area contributed by atoms with E-state index >= 15 is 0 Å². The second-order valence-electron chi connectivity index (χ2n) is 19.2. The third-order valence-electron chi connectivity index (χ3n) is 12.1. The van der Waals surface area contributed by atoms with Gasteiger partial charge in [-0.25, -0.2) is 0 Å². The number of unbranched alkanes of at least 4 members (excludes halogenated alkanes) is 19. The Morgan fingerprint density at radius 2 is 0.534 bits per heavy atom. The van der Waals surface area contributed by atoms with Crippen LogP contribution in [0.15, 0.2) is 134 Å². The molecule has 0 aromatic carbocycles. The number of allylic oxidation sites excluding steroid dienone is 22. The van der Waals surface area contributed by atoms with Crippen LogP contribution in [-0.2, 0) is 28.6 Å². The summed E-state index contributed by atoms with van der Waals surface area (Å²) in [6.07, 6.45) is 84.5. The molecule has 0 spiro atoms. The van der Waals surface area contributed by atoms with E-state index in [1.54, 1.807) is 0 Å². The zero-order valence-corrected chi connectivity index (χ0v) is 47.1. The smallest absolute Gasteiger partial charge is 0.306 e. The van der Waals surface area contributed by atoms with Crippen molar-refractivity contribution < 1.29 is 28.6 Å². The lowest BCUT2D eigenvalue weighted by Crippen LogP contribution is -2.30. The van der Waals surface area contributed by atoms with Crippen molar-refractivity contribution in [2.75, 3.05) is 13.2 Å². The molecule has 0 aromatic rings. The van der Waals surface area contributed by atoms with Gasteiger partial charge in [0.25, 0.3) is 0 Å². The lowest BCUT2D eigenvalue weighted by Gasteiger charge is -2.18. The zero-order valence-electron chi connectivity index (χ0n) is 47.1. The Morgan fingerprint density at radius 1 is 0.288 bits per heavy atom. The summed E-state index contributed by atoms with van der Waals surface area (Å²) in [7, 11) is 0. The van der Waals surface area contributed by atoms with Crippen molar-refractivity contribution >= 4 is 17.9 Å². The van der Waals surface area contributed by atoms with Gasteiger partial charge in [0.05, 0.1) is 0 Å². The van der Waals surface area contributed by atoms with E-state index in [4.69, 9.17) is 14.2 Å². The van der Waals surface area contributed by atoms with Gasteiger partial charge in [0.15, 0.2) is 6.10 Å². The molecular weight excluding hydrogens is 901 g/mol. The highest BCUT2D eigenvalue weighted by Crippen LogP contribution is 2.13. The molecule has 0 aliphatic carbocycles. The zero-order chi connectivity index (χ0) is 52.9. The molecule has 0 aromatic heterocycles. The minimum atomic E-state index is -0.803. The fraction of sp³-hybridized carbons (Fsp3) is 0.627. The number of ether oxygens (including phenoxy) is 3. The molecule has 0 N–H and O–H groups in total. The molecule has 0 amide bonds. The van der Waals surface area contributed by atoms with Crippen molar-refractivity contribution in [3.8, 4) is 0 Å². The van der Waals surface area contributed by atoms with Gasteiger partial charge in [0, 0.05) is 19.3 Å². The predicted octanol–water partition coefficient (Wildman–Crippen LogP) is 20.2. The third-order valence-corrected chi connectivity index (χ3v) is 12.1. The van der Waals surface area contributed by atoms with Gasteiger partial charge in [-0.2, -0.15) is 0 Å². The fourth-order valence-electron chi connectivity index (χ4n) is 7.66. The lowest BCUT2D eigenvalue weighted by atomic mass is 10.1. The van der Waals surface area contributed by atoms with E-state index in [0.717, 1.165) is 148 Å². The first-order chi connectivity index (χ1) is 36.0. The average molecular weight is 1010 g/mol. The number of rotatable bonds is 52. The Labute approximate surface area is 449 Å². The van der Waals surface area contributed by atoms with Gasteiger partial charge in [-0.3, -0.25) is 14.4 Å². The number of esters is 3. The van der Waals surface area contributed by atoms with Crippen molar-refractivity contribution in [1.82, 2.24) is 0 Å². The second kappa shape index (κ2) is 60.1. The van der Waals surface area contributed by atoms with E-state index < -0.39 is 6.10 Å². The predicted molar refractivity (Wildman–Crippen MR) is 316 cm³/mol. The Hall–Kier alpha value is -4.45. The van der Waals surface area contributed by atoms with Gasteiger partial charge in [0.1, 0.15) is 13.2 Å².